The van der Waals surface area contributed by atoms with Gasteiger partial charge in [0.25, 0.3) is 0 Å². The molecule has 3 aliphatic rings. The topological polar surface area (TPSA) is 49.8 Å². The summed E-state index contributed by atoms with van der Waals surface area (Å²) < 4.78 is 5.55. The molecule has 3 heterocycles. The van der Waals surface area contributed by atoms with E-state index in [-0.39, 0.29) is 29.8 Å². The van der Waals surface area contributed by atoms with Crippen molar-refractivity contribution < 1.29 is 14.6 Å². The van der Waals surface area contributed by atoms with Crippen LogP contribution in [-0.2, 0) is 4.74 Å². The standard InChI is InChI=1S/C14H17NO3.ClH/c16-12-4-2-1-3-11(12)14(17)18-13-9-15-7-5-10(13)6-8-15;/h1-4,10,13,16H,5-9H2;1H. The van der Waals surface area contributed by atoms with E-state index in [4.69, 9.17) is 4.74 Å². The fourth-order valence-electron chi connectivity index (χ4n) is 2.89. The summed E-state index contributed by atoms with van der Waals surface area (Å²) in [7, 11) is 0. The molecule has 19 heavy (non-hydrogen) atoms. The highest BCUT2D eigenvalue weighted by Gasteiger charge is 2.36. The van der Waals surface area contributed by atoms with Crippen molar-refractivity contribution in [3.63, 3.8) is 0 Å². The first-order chi connectivity index (χ1) is 8.74. The van der Waals surface area contributed by atoms with Crippen LogP contribution >= 0.6 is 12.4 Å². The molecule has 1 N–H and O–H groups in total. The Hall–Kier alpha value is -1.26. The number of fused-ring (bicyclic) bond motifs is 3. The number of phenolic OH excluding ortho intramolecular Hbond substituents is 1. The lowest BCUT2D eigenvalue weighted by atomic mass is 9.86. The Morgan fingerprint density at radius 1 is 1.26 bits per heavy atom. The minimum absolute atomic E-state index is 0. The van der Waals surface area contributed by atoms with Crippen LogP contribution in [0.2, 0.25) is 0 Å². The maximum Gasteiger partial charge on any atom is 0.342 e. The number of halogens is 1. The van der Waals surface area contributed by atoms with Gasteiger partial charge in [0.2, 0.25) is 0 Å². The van der Waals surface area contributed by atoms with Crippen molar-refractivity contribution in [3.8, 4) is 5.75 Å². The van der Waals surface area contributed by atoms with E-state index < -0.39 is 5.97 Å². The summed E-state index contributed by atoms with van der Waals surface area (Å²) in [6.07, 6.45) is 2.21. The van der Waals surface area contributed by atoms with Crippen molar-refractivity contribution in [3.05, 3.63) is 29.8 Å². The van der Waals surface area contributed by atoms with Crippen LogP contribution < -0.4 is 0 Å². The zero-order valence-electron chi connectivity index (χ0n) is 10.6. The van der Waals surface area contributed by atoms with Gasteiger partial charge in [-0.15, -0.1) is 12.4 Å². The molecule has 4 nitrogen and oxygen atoms in total. The maximum atomic E-state index is 12.0. The molecule has 3 aliphatic heterocycles. The second kappa shape index (κ2) is 5.80. The van der Waals surface area contributed by atoms with Gasteiger partial charge in [0, 0.05) is 6.54 Å². The van der Waals surface area contributed by atoms with Gasteiger partial charge in [-0.2, -0.15) is 0 Å². The number of carbonyl (C=O) groups excluding carboxylic acids is 1. The van der Waals surface area contributed by atoms with E-state index in [1.54, 1.807) is 18.2 Å². The number of aromatic hydroxyl groups is 1. The maximum absolute atomic E-state index is 12.0. The van der Waals surface area contributed by atoms with E-state index in [0.717, 1.165) is 32.5 Å². The van der Waals surface area contributed by atoms with E-state index in [1.807, 2.05) is 0 Å². The Labute approximate surface area is 118 Å². The predicted molar refractivity (Wildman–Crippen MR) is 73.7 cm³/mol. The fourth-order valence-corrected chi connectivity index (χ4v) is 2.89. The van der Waals surface area contributed by atoms with Crippen LogP contribution in [0.3, 0.4) is 0 Å². The van der Waals surface area contributed by atoms with Crippen molar-refractivity contribution in [2.45, 2.75) is 18.9 Å². The Bertz CT molecular complexity index is 458. The summed E-state index contributed by atoms with van der Waals surface area (Å²) in [6, 6.07) is 6.53. The first kappa shape index (κ1) is 14.2. The summed E-state index contributed by atoms with van der Waals surface area (Å²) in [5.74, 6) is 0.0698. The number of carbonyl (C=O) groups is 1. The molecule has 104 valence electrons. The number of esters is 1. The van der Waals surface area contributed by atoms with Gasteiger partial charge in [-0.1, -0.05) is 12.1 Å². The average molecular weight is 284 g/mol. The molecule has 0 aromatic heterocycles. The molecule has 4 rings (SSSR count). The molecule has 2 bridgehead atoms. The Kier molecular flexibility index (Phi) is 4.32. The first-order valence-corrected chi connectivity index (χ1v) is 6.45. The summed E-state index contributed by atoms with van der Waals surface area (Å²) in [6.45, 7) is 3.08. The molecular weight excluding hydrogens is 266 g/mol. The normalized spacial score (nSPS) is 28.5. The largest absolute Gasteiger partial charge is 0.507 e. The van der Waals surface area contributed by atoms with Gasteiger partial charge >= 0.3 is 5.97 Å². The number of para-hydroxylation sites is 1. The van der Waals surface area contributed by atoms with Gasteiger partial charge < -0.3 is 9.84 Å². The highest BCUT2D eigenvalue weighted by Crippen LogP contribution is 2.30. The lowest BCUT2D eigenvalue weighted by molar-refractivity contribution is -0.0457. The third-order valence-electron chi connectivity index (χ3n) is 3.98. The van der Waals surface area contributed by atoms with Crippen LogP contribution in [-0.4, -0.2) is 41.7 Å². The smallest absolute Gasteiger partial charge is 0.342 e. The predicted octanol–water partition coefficient (Wildman–Crippen LogP) is 2.06. The Balaban J connectivity index is 0.00000133. The van der Waals surface area contributed by atoms with Crippen molar-refractivity contribution in [2.75, 3.05) is 19.6 Å². The molecule has 0 spiro atoms. The Morgan fingerprint density at radius 3 is 2.53 bits per heavy atom. The second-order valence-corrected chi connectivity index (χ2v) is 5.10. The summed E-state index contributed by atoms with van der Waals surface area (Å²) in [4.78, 5) is 14.3. The summed E-state index contributed by atoms with van der Waals surface area (Å²) in [5.41, 5.74) is 0.258. The third kappa shape index (κ3) is 2.85. The highest BCUT2D eigenvalue weighted by atomic mass is 35.5. The molecule has 0 amide bonds. The number of hydrogen-bond acceptors (Lipinski definition) is 4. The SMILES string of the molecule is Cl.O=C(OC1CN2CCC1CC2)c1ccccc1O. The van der Waals surface area contributed by atoms with Crippen LogP contribution in [0.15, 0.2) is 24.3 Å². The zero-order chi connectivity index (χ0) is 12.5. The number of ether oxygens (including phenoxy) is 1. The lowest BCUT2D eigenvalue weighted by Crippen LogP contribution is -2.51. The fraction of sp³-hybridized carbons (Fsp3) is 0.500. The number of piperidine rings is 3. The minimum atomic E-state index is -0.410. The molecule has 1 aromatic carbocycles. The zero-order valence-corrected chi connectivity index (χ0v) is 11.4. The first-order valence-electron chi connectivity index (χ1n) is 6.45. The highest BCUT2D eigenvalue weighted by molar-refractivity contribution is 5.92. The molecule has 3 saturated heterocycles. The molecule has 1 atom stereocenters. The van der Waals surface area contributed by atoms with E-state index in [2.05, 4.69) is 4.90 Å². The molecular formula is C14H18ClNO3. The molecule has 3 fully saturated rings. The van der Waals surface area contributed by atoms with Crippen molar-refractivity contribution in [2.24, 2.45) is 5.92 Å². The van der Waals surface area contributed by atoms with Crippen molar-refractivity contribution in [1.82, 2.24) is 4.90 Å². The summed E-state index contributed by atoms with van der Waals surface area (Å²) in [5, 5.41) is 9.63. The van der Waals surface area contributed by atoms with Gasteiger partial charge in [-0.05, 0) is 44.0 Å². The quantitative estimate of drug-likeness (QED) is 0.844. The molecule has 0 saturated carbocycles. The minimum Gasteiger partial charge on any atom is -0.507 e. The Morgan fingerprint density at radius 2 is 1.95 bits per heavy atom. The number of rotatable bonds is 2. The average Bonchev–Trinajstić information content (AvgIpc) is 2.40. The number of phenols is 1. The van der Waals surface area contributed by atoms with Gasteiger partial charge in [0.1, 0.15) is 17.4 Å². The van der Waals surface area contributed by atoms with E-state index in [1.165, 1.54) is 6.07 Å². The van der Waals surface area contributed by atoms with Gasteiger partial charge in [0.15, 0.2) is 0 Å². The number of hydrogen-bond donors (Lipinski definition) is 1. The van der Waals surface area contributed by atoms with Crippen LogP contribution in [0.4, 0.5) is 0 Å². The van der Waals surface area contributed by atoms with Crippen LogP contribution in [0.5, 0.6) is 5.75 Å². The molecule has 0 aliphatic carbocycles. The number of benzene rings is 1. The van der Waals surface area contributed by atoms with E-state index in [9.17, 15) is 9.90 Å². The van der Waals surface area contributed by atoms with Crippen molar-refractivity contribution in [1.29, 1.82) is 0 Å². The van der Waals surface area contributed by atoms with Crippen LogP contribution in [0.25, 0.3) is 0 Å². The number of nitrogens with zero attached hydrogens (tertiary/aromatic N) is 1. The monoisotopic (exact) mass is 283 g/mol. The van der Waals surface area contributed by atoms with E-state index >= 15 is 0 Å². The van der Waals surface area contributed by atoms with E-state index in [0.29, 0.717) is 5.92 Å². The second-order valence-electron chi connectivity index (χ2n) is 5.10. The third-order valence-corrected chi connectivity index (χ3v) is 3.98. The lowest BCUT2D eigenvalue weighted by Gasteiger charge is -2.43. The van der Waals surface area contributed by atoms with Crippen LogP contribution in [0.1, 0.15) is 23.2 Å². The molecule has 1 aromatic rings. The molecule has 1 unspecified atom stereocenters. The van der Waals surface area contributed by atoms with Gasteiger partial charge in [-0.25, -0.2) is 4.79 Å². The molecule has 0 radical (unpaired) electrons. The van der Waals surface area contributed by atoms with Crippen LogP contribution in [0, 0.1) is 5.92 Å². The molecule has 5 heteroatoms. The summed E-state index contributed by atoms with van der Waals surface area (Å²) >= 11 is 0. The van der Waals surface area contributed by atoms with Gasteiger partial charge in [-0.3, -0.25) is 4.90 Å². The van der Waals surface area contributed by atoms with Gasteiger partial charge in [0.05, 0.1) is 0 Å². The van der Waals surface area contributed by atoms with Crippen molar-refractivity contribution >= 4 is 18.4 Å².